The number of hydrogen-bond acceptors (Lipinski definition) is 6. The van der Waals surface area contributed by atoms with Crippen LogP contribution in [0.2, 0.25) is 0 Å². The minimum atomic E-state index is -0.800. The molecule has 6 rings (SSSR count). The minimum Gasteiger partial charge on any atom is -0.453 e. The van der Waals surface area contributed by atoms with Gasteiger partial charge in [-0.15, -0.1) is 6.58 Å². The van der Waals surface area contributed by atoms with Crippen LogP contribution in [-0.4, -0.2) is 54.4 Å². The molecule has 0 radical (unpaired) electrons. The summed E-state index contributed by atoms with van der Waals surface area (Å²) in [7, 11) is 1.35. The van der Waals surface area contributed by atoms with Gasteiger partial charge in [0.15, 0.2) is 0 Å². The van der Waals surface area contributed by atoms with Gasteiger partial charge in [-0.2, -0.15) is 0 Å². The molecule has 2 aromatic carbocycles. The van der Waals surface area contributed by atoms with Crippen molar-refractivity contribution in [3.63, 3.8) is 0 Å². The molecule has 2 aliphatic heterocycles. The summed E-state index contributed by atoms with van der Waals surface area (Å²) in [6, 6.07) is 16.3. The van der Waals surface area contributed by atoms with Crippen LogP contribution in [0.1, 0.15) is 17.5 Å². The highest BCUT2D eigenvalue weighted by atomic mass is 16.6. The zero-order valence-corrected chi connectivity index (χ0v) is 21.2. The molecule has 6 atom stereocenters. The fourth-order valence-electron chi connectivity index (χ4n) is 7.77. The highest BCUT2D eigenvalue weighted by Crippen LogP contribution is 2.69. The highest BCUT2D eigenvalue weighted by Gasteiger charge is 2.73. The number of carbonyl (C=O) groups excluding carboxylic acids is 3. The Balaban J connectivity index is 1.43. The Bertz CT molecular complexity index is 1340. The summed E-state index contributed by atoms with van der Waals surface area (Å²) >= 11 is 0. The average molecular weight is 515 g/mol. The number of carbonyl (C=O) groups is 3. The molecule has 38 heavy (non-hydrogen) atoms. The maximum Gasteiger partial charge on any atom is 0.421 e. The first-order valence-electron chi connectivity index (χ1n) is 12.8. The van der Waals surface area contributed by atoms with Crippen molar-refractivity contribution in [2.24, 2.45) is 23.2 Å². The molecular formula is C30H30N2O6. The van der Waals surface area contributed by atoms with Crippen molar-refractivity contribution in [1.82, 2.24) is 4.90 Å². The van der Waals surface area contributed by atoms with Crippen LogP contribution in [0.3, 0.4) is 0 Å². The number of nitrogens with zero attached hydrogens (tertiary/aromatic N) is 2. The van der Waals surface area contributed by atoms with Crippen LogP contribution in [0, 0.1) is 23.2 Å². The third-order valence-corrected chi connectivity index (χ3v) is 9.13. The van der Waals surface area contributed by atoms with E-state index >= 15 is 0 Å². The monoisotopic (exact) mass is 514 g/mol. The van der Waals surface area contributed by atoms with Gasteiger partial charge in [0.25, 0.3) is 0 Å². The van der Waals surface area contributed by atoms with Gasteiger partial charge < -0.3 is 19.5 Å². The molecule has 3 amide bonds. The number of rotatable bonds is 4. The van der Waals surface area contributed by atoms with Crippen LogP contribution in [0.4, 0.5) is 15.3 Å². The Morgan fingerprint density at radius 1 is 1.13 bits per heavy atom. The summed E-state index contributed by atoms with van der Waals surface area (Å²) in [6.45, 7) is 4.50. The van der Waals surface area contributed by atoms with Gasteiger partial charge >= 0.3 is 12.2 Å². The molecule has 4 aliphatic rings. The highest BCUT2D eigenvalue weighted by molar-refractivity contribution is 6.15. The topological polar surface area (TPSA) is 96.4 Å². The van der Waals surface area contributed by atoms with Gasteiger partial charge in [-0.1, -0.05) is 66.8 Å². The first kappa shape index (κ1) is 24.4. The summed E-state index contributed by atoms with van der Waals surface area (Å²) in [6.07, 6.45) is 4.89. The number of piperidine rings is 1. The van der Waals surface area contributed by atoms with Gasteiger partial charge in [0.05, 0.1) is 12.8 Å². The van der Waals surface area contributed by atoms with E-state index < -0.39 is 23.0 Å². The quantitative estimate of drug-likeness (QED) is 0.619. The van der Waals surface area contributed by atoms with Gasteiger partial charge in [-0.25, -0.2) is 14.5 Å². The predicted molar refractivity (Wildman–Crippen MR) is 139 cm³/mol. The Labute approximate surface area is 221 Å². The van der Waals surface area contributed by atoms with E-state index in [9.17, 15) is 19.5 Å². The SMILES string of the molecule is C=C[C@]12CN(C(=O)OC)[C@@H]3C(CO)[C@H]1C=C[C@]1(CC(=O)N(C(=O)OCc4ccccc4)c4ccccc41)[C@@H]32. The average Bonchev–Trinajstić information content (AvgIpc) is 3.40. The second-order valence-electron chi connectivity index (χ2n) is 10.6. The van der Waals surface area contributed by atoms with Gasteiger partial charge in [-0.05, 0) is 23.1 Å². The number of fused-ring (bicyclic) bond motifs is 2. The molecule has 4 bridgehead atoms. The van der Waals surface area contributed by atoms with Crippen LogP contribution in [0.5, 0.6) is 0 Å². The summed E-state index contributed by atoms with van der Waals surface area (Å²) in [5.41, 5.74) is 0.763. The minimum absolute atomic E-state index is 0.0253. The lowest BCUT2D eigenvalue weighted by atomic mass is 9.54. The number of para-hydroxylation sites is 1. The van der Waals surface area contributed by atoms with E-state index in [1.165, 1.54) is 7.11 Å². The fourth-order valence-corrected chi connectivity index (χ4v) is 7.77. The van der Waals surface area contributed by atoms with E-state index in [0.717, 1.165) is 16.0 Å². The maximum absolute atomic E-state index is 13.8. The molecule has 1 N–H and O–H groups in total. The maximum atomic E-state index is 13.8. The third kappa shape index (κ3) is 3.16. The number of amides is 3. The van der Waals surface area contributed by atoms with Gasteiger partial charge in [-0.3, -0.25) is 4.79 Å². The number of aliphatic hydroxyl groups excluding tert-OH is 1. The molecule has 1 unspecified atom stereocenters. The molecule has 8 heteroatoms. The van der Waals surface area contributed by atoms with Crippen molar-refractivity contribution in [3.05, 3.63) is 90.5 Å². The number of allylic oxidation sites excluding steroid dienone is 2. The van der Waals surface area contributed by atoms with Gasteiger partial charge in [0.1, 0.15) is 6.61 Å². The van der Waals surface area contributed by atoms with E-state index in [0.29, 0.717) is 12.2 Å². The van der Waals surface area contributed by atoms with Crippen LogP contribution >= 0.6 is 0 Å². The lowest BCUT2D eigenvalue weighted by molar-refractivity contribution is -0.120. The Kier molecular flexibility index (Phi) is 5.68. The lowest BCUT2D eigenvalue weighted by Gasteiger charge is -2.50. The number of benzene rings is 2. The van der Waals surface area contributed by atoms with E-state index in [1.54, 1.807) is 17.0 Å². The first-order valence-corrected chi connectivity index (χ1v) is 12.8. The number of methoxy groups -OCH3 is 1. The molecule has 196 valence electrons. The molecule has 1 saturated heterocycles. The number of imide groups is 1. The van der Waals surface area contributed by atoms with Crippen LogP contribution in [0.15, 0.2) is 79.4 Å². The lowest BCUT2D eigenvalue weighted by Crippen LogP contribution is -2.54. The van der Waals surface area contributed by atoms with E-state index in [-0.39, 0.29) is 49.3 Å². The number of likely N-dealkylation sites (tertiary alicyclic amines) is 1. The zero-order valence-electron chi connectivity index (χ0n) is 21.2. The van der Waals surface area contributed by atoms with Crippen molar-refractivity contribution in [1.29, 1.82) is 0 Å². The van der Waals surface area contributed by atoms with Crippen molar-refractivity contribution in [3.8, 4) is 0 Å². The van der Waals surface area contributed by atoms with Crippen molar-refractivity contribution < 1.29 is 29.0 Å². The second-order valence-corrected chi connectivity index (χ2v) is 10.6. The number of ether oxygens (including phenoxy) is 2. The normalized spacial score (nSPS) is 32.3. The molecule has 8 nitrogen and oxygen atoms in total. The molecule has 0 aromatic heterocycles. The smallest absolute Gasteiger partial charge is 0.421 e. The molecular weight excluding hydrogens is 484 g/mol. The summed E-state index contributed by atoms with van der Waals surface area (Å²) in [5.74, 6) is -0.854. The summed E-state index contributed by atoms with van der Waals surface area (Å²) in [4.78, 5) is 42.7. The second kappa shape index (κ2) is 8.84. The number of hydrogen-bond donors (Lipinski definition) is 1. The predicted octanol–water partition coefficient (Wildman–Crippen LogP) is 4.05. The largest absolute Gasteiger partial charge is 0.453 e. The molecule has 1 spiro atoms. The van der Waals surface area contributed by atoms with E-state index in [2.05, 4.69) is 18.7 Å². The Morgan fingerprint density at radius 2 is 1.87 bits per heavy atom. The molecule has 1 saturated carbocycles. The van der Waals surface area contributed by atoms with Crippen LogP contribution < -0.4 is 4.90 Å². The zero-order chi connectivity index (χ0) is 26.7. The summed E-state index contributed by atoms with van der Waals surface area (Å²) in [5, 5.41) is 10.4. The van der Waals surface area contributed by atoms with Crippen molar-refractivity contribution >= 4 is 23.8 Å². The Morgan fingerprint density at radius 3 is 2.58 bits per heavy atom. The fraction of sp³-hybridized carbons (Fsp3) is 0.367. The first-order chi connectivity index (χ1) is 18.4. The van der Waals surface area contributed by atoms with Gasteiger partial charge in [0, 0.05) is 48.3 Å². The van der Waals surface area contributed by atoms with E-state index in [4.69, 9.17) is 9.47 Å². The molecule has 2 aromatic rings. The van der Waals surface area contributed by atoms with Crippen LogP contribution in [0.25, 0.3) is 0 Å². The standard InChI is InChI=1S/C30H30N2O6/c1-3-29-18-31(27(35)37-2)25-20(16-33)21(29)13-14-30(26(25)29)15-24(34)32(23-12-8-7-11-22(23)30)28(36)38-17-19-9-5-4-6-10-19/h3-14,20-21,25-26,33H,1,15-18H2,2H3/t20?,21-,25-,26+,29+,30-/m1/s1. The van der Waals surface area contributed by atoms with E-state index in [1.807, 2.05) is 48.5 Å². The van der Waals surface area contributed by atoms with Crippen LogP contribution in [-0.2, 0) is 26.3 Å². The third-order valence-electron chi connectivity index (χ3n) is 9.13. The molecule has 2 fully saturated rings. The van der Waals surface area contributed by atoms with Crippen molar-refractivity contribution in [2.75, 3.05) is 25.2 Å². The summed E-state index contributed by atoms with van der Waals surface area (Å²) < 4.78 is 10.7. The number of anilines is 1. The van der Waals surface area contributed by atoms with Gasteiger partial charge in [0.2, 0.25) is 5.91 Å². The molecule has 2 aliphatic carbocycles. The van der Waals surface area contributed by atoms with Crippen molar-refractivity contribution in [2.45, 2.75) is 24.5 Å². The Hall–Kier alpha value is -3.91. The number of aliphatic hydroxyl groups is 1. The molecule has 2 heterocycles.